The van der Waals surface area contributed by atoms with Crippen LogP contribution in [0.4, 0.5) is 0 Å². The van der Waals surface area contributed by atoms with Crippen LogP contribution in [0, 0.1) is 3.57 Å². The molecule has 0 bridgehead atoms. The van der Waals surface area contributed by atoms with Gasteiger partial charge in [-0.2, -0.15) is 0 Å². The zero-order valence-corrected chi connectivity index (χ0v) is 19.2. The van der Waals surface area contributed by atoms with Crippen LogP contribution in [-0.2, 0) is 9.53 Å². The second-order valence-electron chi connectivity index (χ2n) is 6.71. The number of cyclic esters (lactones) is 1. The van der Waals surface area contributed by atoms with E-state index in [1.54, 1.807) is 18.2 Å². The minimum Gasteiger partial charge on any atom is -0.482 e. The largest absolute Gasteiger partial charge is 0.482 e. The van der Waals surface area contributed by atoms with Crippen molar-refractivity contribution in [2.45, 2.75) is 6.10 Å². The number of hydrogen-bond donors (Lipinski definition) is 0. The maximum absolute atomic E-state index is 12.3. The molecular formula is C25H17ClINO3. The Hall–Kier alpha value is -2.90. The zero-order valence-electron chi connectivity index (χ0n) is 16.3. The fraction of sp³-hybridized carbons (Fsp3) is 0.0400. The van der Waals surface area contributed by atoms with E-state index in [4.69, 9.17) is 21.1 Å². The van der Waals surface area contributed by atoms with Gasteiger partial charge in [-0.25, -0.2) is 9.79 Å². The van der Waals surface area contributed by atoms with Gasteiger partial charge in [0.25, 0.3) is 0 Å². The first-order valence-electron chi connectivity index (χ1n) is 9.46. The van der Waals surface area contributed by atoms with E-state index in [0.29, 0.717) is 16.3 Å². The van der Waals surface area contributed by atoms with Gasteiger partial charge in [0.1, 0.15) is 11.9 Å². The first kappa shape index (κ1) is 21.3. The number of benzene rings is 3. The number of nitrogens with zero attached hydrogens (tertiary/aromatic N) is 1. The standard InChI is InChI=1S/C25H17ClINO3/c1-2-23(17-6-4-3-5-7-17)30-19-11-8-16(9-12-19)14-22-25(29)31-24(28-22)20-15-18(27)10-13-21(20)26/h2-15,23H,1H2/b22-14-. The SMILES string of the molecule is C=CC(Oc1ccc(/C=C2\N=C(c3cc(I)ccc3Cl)OC2=O)cc1)c1ccccc1. The van der Waals surface area contributed by atoms with Crippen molar-refractivity contribution >= 4 is 52.1 Å². The lowest BCUT2D eigenvalue weighted by Gasteiger charge is -2.16. The molecule has 6 heteroatoms. The highest BCUT2D eigenvalue weighted by Gasteiger charge is 2.25. The van der Waals surface area contributed by atoms with Crippen LogP contribution in [-0.4, -0.2) is 11.9 Å². The summed E-state index contributed by atoms with van der Waals surface area (Å²) in [6, 6.07) is 22.7. The van der Waals surface area contributed by atoms with E-state index in [1.807, 2.05) is 66.7 Å². The maximum Gasteiger partial charge on any atom is 0.363 e. The maximum atomic E-state index is 12.3. The molecule has 4 nitrogen and oxygen atoms in total. The van der Waals surface area contributed by atoms with Gasteiger partial charge in [-0.15, -0.1) is 0 Å². The molecule has 0 saturated carbocycles. The van der Waals surface area contributed by atoms with Crippen LogP contribution in [0.25, 0.3) is 6.08 Å². The van der Waals surface area contributed by atoms with Gasteiger partial charge < -0.3 is 9.47 Å². The van der Waals surface area contributed by atoms with Gasteiger partial charge in [0, 0.05) is 3.57 Å². The molecule has 0 N–H and O–H groups in total. The summed E-state index contributed by atoms with van der Waals surface area (Å²) in [5, 5.41) is 0.477. The van der Waals surface area contributed by atoms with Crippen LogP contribution in [0.2, 0.25) is 5.02 Å². The van der Waals surface area contributed by atoms with E-state index < -0.39 is 5.97 Å². The molecule has 1 heterocycles. The highest BCUT2D eigenvalue weighted by Crippen LogP contribution is 2.27. The van der Waals surface area contributed by atoms with Gasteiger partial charge >= 0.3 is 5.97 Å². The van der Waals surface area contributed by atoms with Crippen LogP contribution >= 0.6 is 34.2 Å². The first-order chi connectivity index (χ1) is 15.0. The van der Waals surface area contributed by atoms with E-state index >= 15 is 0 Å². The molecule has 0 saturated heterocycles. The van der Waals surface area contributed by atoms with E-state index in [1.165, 1.54) is 0 Å². The van der Waals surface area contributed by atoms with Crippen molar-refractivity contribution < 1.29 is 14.3 Å². The molecule has 0 amide bonds. The third kappa shape index (κ3) is 5.06. The van der Waals surface area contributed by atoms with Gasteiger partial charge in [0.2, 0.25) is 5.90 Å². The fourth-order valence-electron chi connectivity index (χ4n) is 3.03. The predicted octanol–water partition coefficient (Wildman–Crippen LogP) is 6.60. The van der Waals surface area contributed by atoms with Crippen molar-refractivity contribution in [1.82, 2.24) is 0 Å². The van der Waals surface area contributed by atoms with E-state index in [2.05, 4.69) is 34.2 Å². The molecule has 0 aliphatic carbocycles. The minimum atomic E-state index is -0.513. The Morgan fingerprint density at radius 2 is 1.81 bits per heavy atom. The smallest absolute Gasteiger partial charge is 0.363 e. The fourth-order valence-corrected chi connectivity index (χ4v) is 3.72. The van der Waals surface area contributed by atoms with Crippen molar-refractivity contribution in [3.05, 3.63) is 116 Å². The monoisotopic (exact) mass is 541 g/mol. The number of halogens is 2. The average molecular weight is 542 g/mol. The van der Waals surface area contributed by atoms with E-state index in [0.717, 1.165) is 14.7 Å². The summed E-state index contributed by atoms with van der Waals surface area (Å²) in [5.41, 5.74) is 2.62. The van der Waals surface area contributed by atoms with E-state index in [-0.39, 0.29) is 17.7 Å². The summed E-state index contributed by atoms with van der Waals surface area (Å²) < 4.78 is 12.3. The molecule has 0 radical (unpaired) electrons. The van der Waals surface area contributed by atoms with Gasteiger partial charge in [-0.1, -0.05) is 60.6 Å². The molecule has 1 unspecified atom stereocenters. The van der Waals surface area contributed by atoms with Crippen LogP contribution < -0.4 is 4.74 Å². The highest BCUT2D eigenvalue weighted by atomic mass is 127. The number of esters is 1. The molecular weight excluding hydrogens is 525 g/mol. The number of carbonyl (C=O) groups excluding carboxylic acids is 1. The number of carbonyl (C=O) groups is 1. The molecule has 31 heavy (non-hydrogen) atoms. The number of rotatable bonds is 6. The van der Waals surface area contributed by atoms with Crippen molar-refractivity contribution in [3.8, 4) is 5.75 Å². The molecule has 1 aliphatic rings. The zero-order chi connectivity index (χ0) is 21.8. The Bertz CT molecular complexity index is 1190. The lowest BCUT2D eigenvalue weighted by atomic mass is 10.1. The molecule has 0 aromatic heterocycles. The first-order valence-corrected chi connectivity index (χ1v) is 10.9. The van der Waals surface area contributed by atoms with Gasteiger partial charge in [-0.05, 0) is 76.2 Å². The average Bonchev–Trinajstić information content (AvgIpc) is 3.15. The summed E-state index contributed by atoms with van der Waals surface area (Å²) >= 11 is 8.40. The summed E-state index contributed by atoms with van der Waals surface area (Å²) in [6.07, 6.45) is 3.18. The van der Waals surface area contributed by atoms with Gasteiger partial charge in [0.15, 0.2) is 5.70 Å². The topological polar surface area (TPSA) is 47.9 Å². The lowest BCUT2D eigenvalue weighted by molar-refractivity contribution is -0.129. The molecule has 1 atom stereocenters. The van der Waals surface area contributed by atoms with Crippen LogP contribution in [0.5, 0.6) is 5.75 Å². The molecule has 4 rings (SSSR count). The Labute approximate surface area is 199 Å². The second-order valence-corrected chi connectivity index (χ2v) is 8.37. The highest BCUT2D eigenvalue weighted by molar-refractivity contribution is 14.1. The summed E-state index contributed by atoms with van der Waals surface area (Å²) in [5.74, 6) is 0.386. The van der Waals surface area contributed by atoms with Gasteiger partial charge in [-0.3, -0.25) is 0 Å². The Morgan fingerprint density at radius 3 is 2.52 bits per heavy atom. The van der Waals surface area contributed by atoms with Crippen molar-refractivity contribution in [2.75, 3.05) is 0 Å². The third-order valence-corrected chi connectivity index (χ3v) is 5.57. The number of aliphatic imine (C=N–C) groups is 1. The molecule has 3 aromatic rings. The van der Waals surface area contributed by atoms with Crippen molar-refractivity contribution in [2.24, 2.45) is 4.99 Å². The van der Waals surface area contributed by atoms with Crippen molar-refractivity contribution in [3.63, 3.8) is 0 Å². The summed E-state index contributed by atoms with van der Waals surface area (Å²) in [7, 11) is 0. The molecule has 0 spiro atoms. The lowest BCUT2D eigenvalue weighted by Crippen LogP contribution is -2.06. The summed E-state index contributed by atoms with van der Waals surface area (Å²) in [6.45, 7) is 3.86. The van der Waals surface area contributed by atoms with Crippen LogP contribution in [0.3, 0.4) is 0 Å². The van der Waals surface area contributed by atoms with Crippen molar-refractivity contribution in [1.29, 1.82) is 0 Å². The van der Waals surface area contributed by atoms with Crippen LogP contribution in [0.1, 0.15) is 22.8 Å². The molecule has 154 valence electrons. The van der Waals surface area contributed by atoms with Crippen LogP contribution in [0.15, 0.2) is 96.1 Å². The minimum absolute atomic E-state index is 0.205. The predicted molar refractivity (Wildman–Crippen MR) is 131 cm³/mol. The van der Waals surface area contributed by atoms with Gasteiger partial charge in [0.05, 0.1) is 10.6 Å². The molecule has 3 aromatic carbocycles. The normalized spacial score (nSPS) is 15.4. The van der Waals surface area contributed by atoms with E-state index in [9.17, 15) is 4.79 Å². The molecule has 1 aliphatic heterocycles. The molecule has 0 fully saturated rings. The second kappa shape index (κ2) is 9.49. The third-order valence-electron chi connectivity index (χ3n) is 4.57. The Balaban J connectivity index is 1.53. The summed E-state index contributed by atoms with van der Waals surface area (Å²) in [4.78, 5) is 16.6. The Kier molecular flexibility index (Phi) is 6.53. The number of hydrogen-bond acceptors (Lipinski definition) is 4. The Morgan fingerprint density at radius 1 is 1.06 bits per heavy atom. The quantitative estimate of drug-likeness (QED) is 0.153. The number of ether oxygens (including phenoxy) is 2.